The van der Waals surface area contributed by atoms with Crippen molar-refractivity contribution < 1.29 is 32.6 Å². The Kier molecular flexibility index (Phi) is 35.1. The van der Waals surface area contributed by atoms with E-state index < -0.39 is 15.6 Å². The SMILES string of the molecule is CC(C)=CCC/C(C)=C/CC/C(C)=C/C[C@H](C)/C(C)=C\C[C@H](C)/C(C)=C\C[C@H](C)/C(C)=C\C[C@H](C)/C(C)=C\C[C@H](C)/C(C)=C\C[C@H](C)/C(C)=C\C[C@H](C)/C(C)=C\C[C@H](C)/C(C)=C\COP(=O)(O)OP(=O)(O)O. The van der Waals surface area contributed by atoms with Crippen LogP contribution < -0.4 is 0 Å². The largest absolute Gasteiger partial charge is 0.481 e. The molecule has 0 saturated heterocycles. The van der Waals surface area contributed by atoms with Crippen LogP contribution in [-0.2, 0) is 18.0 Å². The average molecular weight is 1040 g/mol. The van der Waals surface area contributed by atoms with Gasteiger partial charge in [-0.05, 0) is 207 Å². The molecule has 0 aromatic rings. The molecule has 0 aliphatic heterocycles. The molecule has 0 fully saturated rings. The molecule has 0 aromatic carbocycles. The van der Waals surface area contributed by atoms with Gasteiger partial charge in [-0.3, -0.25) is 4.52 Å². The molecule has 7 nitrogen and oxygen atoms in total. The lowest BCUT2D eigenvalue weighted by atomic mass is 9.89. The second-order valence-electron chi connectivity index (χ2n) is 22.5. The molecule has 0 aromatic heterocycles. The molecule has 9 heteroatoms. The Morgan fingerprint density at radius 1 is 0.361 bits per heavy atom. The van der Waals surface area contributed by atoms with Crippen LogP contribution in [-0.4, -0.2) is 21.3 Å². The van der Waals surface area contributed by atoms with E-state index in [1.54, 1.807) is 6.08 Å². The van der Waals surface area contributed by atoms with Crippen LogP contribution >= 0.6 is 15.6 Å². The average Bonchev–Trinajstić information content (AvgIpc) is 3.30. The lowest BCUT2D eigenvalue weighted by Gasteiger charge is -2.17. The summed E-state index contributed by atoms with van der Waals surface area (Å²) >= 11 is 0. The van der Waals surface area contributed by atoms with Crippen molar-refractivity contribution in [2.75, 3.05) is 6.61 Å². The molecule has 412 valence electrons. The number of hydrogen-bond donors (Lipinski definition) is 3. The van der Waals surface area contributed by atoms with Gasteiger partial charge in [-0.2, -0.15) is 4.31 Å². The van der Waals surface area contributed by atoms with Crippen LogP contribution in [0.2, 0.25) is 0 Å². The number of hydrogen-bond acceptors (Lipinski definition) is 4. The quantitative estimate of drug-likeness (QED) is 0.0428. The fraction of sp³-hybridized carbons (Fsp3) is 0.651. The maximum Gasteiger partial charge on any atom is 0.481 e. The van der Waals surface area contributed by atoms with E-state index in [-0.39, 0.29) is 12.5 Å². The van der Waals surface area contributed by atoms with Crippen LogP contribution in [0.25, 0.3) is 0 Å². The Balaban J connectivity index is 5.01. The van der Waals surface area contributed by atoms with Gasteiger partial charge in [0.25, 0.3) is 0 Å². The fourth-order valence-corrected chi connectivity index (χ4v) is 9.30. The van der Waals surface area contributed by atoms with E-state index in [1.165, 1.54) is 62.2 Å². The van der Waals surface area contributed by atoms with Crippen molar-refractivity contribution in [1.29, 1.82) is 0 Å². The Labute approximate surface area is 443 Å². The van der Waals surface area contributed by atoms with Gasteiger partial charge >= 0.3 is 15.6 Å². The van der Waals surface area contributed by atoms with Gasteiger partial charge < -0.3 is 14.7 Å². The predicted octanol–water partition coefficient (Wildman–Crippen LogP) is 20.4. The van der Waals surface area contributed by atoms with Crippen molar-refractivity contribution >= 4 is 15.6 Å². The van der Waals surface area contributed by atoms with Gasteiger partial charge in [0.2, 0.25) is 0 Å². The van der Waals surface area contributed by atoms with E-state index in [0.717, 1.165) is 76.2 Å². The third-order valence-corrected chi connectivity index (χ3v) is 17.7. The second-order valence-corrected chi connectivity index (χ2v) is 25.3. The van der Waals surface area contributed by atoms with Crippen molar-refractivity contribution in [3.05, 3.63) is 128 Å². The molecule has 3 N–H and O–H groups in total. The highest BCUT2D eigenvalue weighted by molar-refractivity contribution is 7.60. The van der Waals surface area contributed by atoms with Crippen LogP contribution in [0, 0.1) is 47.3 Å². The second kappa shape index (κ2) is 36.4. The van der Waals surface area contributed by atoms with Gasteiger partial charge in [0.15, 0.2) is 0 Å². The van der Waals surface area contributed by atoms with Crippen molar-refractivity contribution in [2.24, 2.45) is 47.3 Å². The first kappa shape index (κ1) is 69.4. The zero-order chi connectivity index (χ0) is 55.4. The molecule has 0 rings (SSSR count). The van der Waals surface area contributed by atoms with E-state index in [9.17, 15) is 14.0 Å². The topological polar surface area (TPSA) is 113 Å². The van der Waals surface area contributed by atoms with Gasteiger partial charge in [-0.25, -0.2) is 9.13 Å². The lowest BCUT2D eigenvalue weighted by molar-refractivity contribution is 0.191. The van der Waals surface area contributed by atoms with Gasteiger partial charge in [0.1, 0.15) is 0 Å². The summed E-state index contributed by atoms with van der Waals surface area (Å²) in [7, 11) is -9.99. The van der Waals surface area contributed by atoms with Gasteiger partial charge in [0, 0.05) is 0 Å². The molecule has 72 heavy (non-hydrogen) atoms. The molecule has 0 heterocycles. The van der Waals surface area contributed by atoms with Crippen LogP contribution in [0.15, 0.2) is 128 Å². The molecule has 0 bridgehead atoms. The number of allylic oxidation sites excluding steroid dienone is 21. The highest BCUT2D eigenvalue weighted by atomic mass is 31.3. The monoisotopic (exact) mass is 1040 g/mol. The van der Waals surface area contributed by atoms with E-state index in [1.807, 2.05) is 6.92 Å². The van der Waals surface area contributed by atoms with E-state index in [2.05, 4.69) is 201 Å². The van der Waals surface area contributed by atoms with E-state index >= 15 is 0 Å². The summed E-state index contributed by atoms with van der Waals surface area (Å²) in [5, 5.41) is 0. The maximum absolute atomic E-state index is 11.7. The molecule has 0 radical (unpaired) electrons. The molecule has 0 aliphatic rings. The molecular weight excluding hydrogens is 931 g/mol. The zero-order valence-corrected chi connectivity index (χ0v) is 51.3. The Bertz CT molecular complexity index is 2070. The molecule has 9 atom stereocenters. The number of phosphoric ester groups is 1. The molecular formula is C63H108O7P2. The smallest absolute Gasteiger partial charge is 0.302 e. The Morgan fingerprint density at radius 3 is 0.861 bits per heavy atom. The predicted molar refractivity (Wildman–Crippen MR) is 315 cm³/mol. The highest BCUT2D eigenvalue weighted by Crippen LogP contribution is 2.57. The van der Waals surface area contributed by atoms with Crippen LogP contribution in [0.1, 0.15) is 216 Å². The molecule has 0 spiro atoms. The van der Waals surface area contributed by atoms with Crippen molar-refractivity contribution in [1.82, 2.24) is 0 Å². The summed E-state index contributed by atoms with van der Waals surface area (Å²) in [5.41, 5.74) is 15.5. The minimum absolute atomic E-state index is 0.156. The first-order chi connectivity index (χ1) is 33.3. The normalized spacial score (nSPS) is 19.1. The summed E-state index contributed by atoms with van der Waals surface area (Å²) in [5.74, 6) is 3.70. The molecule has 0 aliphatic carbocycles. The zero-order valence-electron chi connectivity index (χ0n) is 49.5. The fourth-order valence-electron chi connectivity index (χ4n) is 7.77. The lowest BCUT2D eigenvalue weighted by Crippen LogP contribution is -2.02. The summed E-state index contributed by atoms with van der Waals surface area (Å²) in [6, 6.07) is 0. The molecule has 0 saturated carbocycles. The van der Waals surface area contributed by atoms with Crippen molar-refractivity contribution in [3.8, 4) is 0 Å². The van der Waals surface area contributed by atoms with Crippen LogP contribution in [0.3, 0.4) is 0 Å². The minimum atomic E-state index is -5.14. The third kappa shape index (κ3) is 33.3. The van der Waals surface area contributed by atoms with Crippen molar-refractivity contribution in [2.45, 2.75) is 216 Å². The van der Waals surface area contributed by atoms with Gasteiger partial charge in [0.05, 0.1) is 6.61 Å². The van der Waals surface area contributed by atoms with Gasteiger partial charge in [-0.15, -0.1) is 0 Å². The Morgan fingerprint density at radius 2 is 0.597 bits per heavy atom. The number of phosphoric acid groups is 2. The Hall–Kier alpha value is -2.60. The summed E-state index contributed by atoms with van der Waals surface area (Å²) in [6.07, 6.45) is 38.8. The van der Waals surface area contributed by atoms with Crippen LogP contribution in [0.5, 0.6) is 0 Å². The van der Waals surface area contributed by atoms with E-state index in [4.69, 9.17) is 9.79 Å². The van der Waals surface area contributed by atoms with E-state index in [0.29, 0.717) is 41.4 Å². The van der Waals surface area contributed by atoms with Crippen LogP contribution in [0.4, 0.5) is 0 Å². The first-order valence-electron chi connectivity index (χ1n) is 27.4. The highest BCUT2D eigenvalue weighted by Gasteiger charge is 2.32. The summed E-state index contributed by atoms with van der Waals surface area (Å²) in [6.45, 7) is 45.0. The minimum Gasteiger partial charge on any atom is -0.302 e. The summed E-state index contributed by atoms with van der Waals surface area (Å²) in [4.78, 5) is 27.0. The maximum atomic E-state index is 11.7. The summed E-state index contributed by atoms with van der Waals surface area (Å²) < 4.78 is 31.1. The molecule has 1 unspecified atom stereocenters. The third-order valence-electron chi connectivity index (χ3n) is 15.6. The first-order valence-corrected chi connectivity index (χ1v) is 30.4. The standard InChI is InChI=1S/C63H108O7P2/c1-45(2)23-21-24-46(3)25-22-26-47(4)27-28-48(5)49(6)29-30-50(7)51(8)31-32-52(9)53(10)33-34-54(11)55(12)35-36-56(13)57(14)37-38-58(15)59(16)39-40-60(17)61(18)41-42-62(19)63(20)43-44-69-72(67,68)70-71(64,65)66/h23,25,27,29,31,33,35,37,39,41,43,48,50,52,54,56,58,60,62H,21-22,24,26,28,30,32,34,36,38,40,42,44H2,1-20H3,(H,67,68)(H2,64,65,66)/b46-25+,47-27+,49-29-,51-31-,53-33-,55-35-,57-37-,59-39-,61-41-,63-43-/t48-,50-,52-,54-,56-,58-,60-,62-/m0/s1. The molecule has 0 amide bonds. The number of rotatable bonds is 35. The van der Waals surface area contributed by atoms with Crippen molar-refractivity contribution in [3.63, 3.8) is 0 Å². The van der Waals surface area contributed by atoms with Gasteiger partial charge in [-0.1, -0.05) is 184 Å².